The van der Waals surface area contributed by atoms with Crippen LogP contribution in [0.3, 0.4) is 0 Å². The SMILES string of the molecule is CC1CCCC(C)N1C(=O)COc1ccc(C(=O)N(C)C2CCCCC2)cc1. The Balaban J connectivity index is 1.54. The first-order valence-electron chi connectivity index (χ1n) is 10.8. The number of ether oxygens (including phenoxy) is 1. The van der Waals surface area contributed by atoms with Crippen LogP contribution in [0.15, 0.2) is 24.3 Å². The molecule has 0 aromatic heterocycles. The molecule has 0 spiro atoms. The first-order valence-corrected chi connectivity index (χ1v) is 10.8. The van der Waals surface area contributed by atoms with Crippen molar-refractivity contribution in [3.05, 3.63) is 29.8 Å². The molecule has 0 bridgehead atoms. The van der Waals surface area contributed by atoms with Gasteiger partial charge in [-0.25, -0.2) is 0 Å². The number of nitrogens with zero attached hydrogens (tertiary/aromatic N) is 2. The van der Waals surface area contributed by atoms with Crippen LogP contribution in [0.4, 0.5) is 0 Å². The van der Waals surface area contributed by atoms with Crippen LogP contribution in [0, 0.1) is 0 Å². The molecule has 2 atom stereocenters. The molecule has 2 fully saturated rings. The van der Waals surface area contributed by atoms with Gasteiger partial charge >= 0.3 is 0 Å². The van der Waals surface area contributed by atoms with Gasteiger partial charge in [0.1, 0.15) is 5.75 Å². The summed E-state index contributed by atoms with van der Waals surface area (Å²) in [5, 5.41) is 0. The van der Waals surface area contributed by atoms with Crippen molar-refractivity contribution < 1.29 is 14.3 Å². The predicted octanol–water partition coefficient (Wildman–Crippen LogP) is 4.26. The van der Waals surface area contributed by atoms with Crippen LogP contribution in [0.1, 0.15) is 75.6 Å². The fourth-order valence-electron chi connectivity index (χ4n) is 4.66. The molecular formula is C23H34N2O3. The van der Waals surface area contributed by atoms with Crippen molar-refractivity contribution in [3.63, 3.8) is 0 Å². The Labute approximate surface area is 169 Å². The Morgan fingerprint density at radius 2 is 1.57 bits per heavy atom. The van der Waals surface area contributed by atoms with Crippen molar-refractivity contribution >= 4 is 11.8 Å². The Hall–Kier alpha value is -2.04. The zero-order valence-electron chi connectivity index (χ0n) is 17.5. The summed E-state index contributed by atoms with van der Waals surface area (Å²) in [6.07, 6.45) is 9.17. The molecule has 1 aliphatic heterocycles. The van der Waals surface area contributed by atoms with Crippen molar-refractivity contribution in [2.24, 2.45) is 0 Å². The standard InChI is InChI=1S/C23H34N2O3/c1-17-8-7-9-18(2)25(17)22(26)16-28-21-14-12-19(13-15-21)23(27)24(3)20-10-5-4-6-11-20/h12-15,17-18,20H,4-11,16H2,1-3H3. The number of carbonyl (C=O) groups is 2. The van der Waals surface area contributed by atoms with Crippen LogP contribution < -0.4 is 4.74 Å². The maximum absolute atomic E-state index is 12.7. The van der Waals surface area contributed by atoms with Gasteiger partial charge in [0.25, 0.3) is 11.8 Å². The first-order chi connectivity index (χ1) is 13.5. The Morgan fingerprint density at radius 3 is 2.18 bits per heavy atom. The molecule has 28 heavy (non-hydrogen) atoms. The van der Waals surface area contributed by atoms with Crippen molar-refractivity contribution in [2.75, 3.05) is 13.7 Å². The van der Waals surface area contributed by atoms with Crippen molar-refractivity contribution in [2.45, 2.75) is 83.3 Å². The number of carbonyl (C=O) groups excluding carboxylic acids is 2. The van der Waals surface area contributed by atoms with Crippen molar-refractivity contribution in [1.82, 2.24) is 9.80 Å². The molecule has 1 saturated carbocycles. The molecule has 0 N–H and O–H groups in total. The summed E-state index contributed by atoms with van der Waals surface area (Å²) >= 11 is 0. The van der Waals surface area contributed by atoms with Crippen molar-refractivity contribution in [3.8, 4) is 5.75 Å². The fourth-order valence-corrected chi connectivity index (χ4v) is 4.66. The second kappa shape index (κ2) is 9.44. The number of likely N-dealkylation sites (tertiary alicyclic amines) is 1. The molecule has 5 nitrogen and oxygen atoms in total. The second-order valence-electron chi connectivity index (χ2n) is 8.45. The summed E-state index contributed by atoms with van der Waals surface area (Å²) in [4.78, 5) is 29.1. The van der Waals surface area contributed by atoms with E-state index in [9.17, 15) is 9.59 Å². The minimum atomic E-state index is 0.0388. The lowest BCUT2D eigenvalue weighted by Gasteiger charge is -2.38. The molecule has 2 aliphatic rings. The molecule has 1 heterocycles. The predicted molar refractivity (Wildman–Crippen MR) is 111 cm³/mol. The Bertz CT molecular complexity index is 657. The van der Waals surface area contributed by atoms with Gasteiger partial charge in [-0.2, -0.15) is 0 Å². The zero-order valence-corrected chi connectivity index (χ0v) is 17.5. The quantitative estimate of drug-likeness (QED) is 0.760. The highest BCUT2D eigenvalue weighted by Gasteiger charge is 2.29. The van der Waals surface area contributed by atoms with E-state index in [4.69, 9.17) is 4.74 Å². The molecule has 2 unspecified atom stereocenters. The molecular weight excluding hydrogens is 352 g/mol. The van der Waals surface area contributed by atoms with Gasteiger partial charge in [-0.15, -0.1) is 0 Å². The highest BCUT2D eigenvalue weighted by atomic mass is 16.5. The number of piperidine rings is 1. The van der Waals surface area contributed by atoms with E-state index in [1.54, 1.807) is 24.3 Å². The first kappa shape index (κ1) is 20.7. The van der Waals surface area contributed by atoms with E-state index in [1.165, 1.54) is 25.7 Å². The van der Waals surface area contributed by atoms with Gasteiger partial charge in [0.15, 0.2) is 6.61 Å². The topological polar surface area (TPSA) is 49.9 Å². The summed E-state index contributed by atoms with van der Waals surface area (Å²) in [6, 6.07) is 8.08. The lowest BCUT2D eigenvalue weighted by molar-refractivity contribution is -0.139. The Kier molecular flexibility index (Phi) is 6.97. The molecule has 3 rings (SSSR count). The summed E-state index contributed by atoms with van der Waals surface area (Å²) in [5.41, 5.74) is 0.671. The molecule has 1 aromatic carbocycles. The molecule has 1 saturated heterocycles. The fraction of sp³-hybridized carbons (Fsp3) is 0.652. The molecule has 1 aromatic rings. The second-order valence-corrected chi connectivity index (χ2v) is 8.45. The number of rotatable bonds is 5. The van der Waals surface area contributed by atoms with Crippen LogP contribution in [0.25, 0.3) is 0 Å². The largest absolute Gasteiger partial charge is 0.484 e. The lowest BCUT2D eigenvalue weighted by atomic mass is 9.94. The van der Waals surface area contributed by atoms with E-state index in [0.717, 1.165) is 25.7 Å². The smallest absolute Gasteiger partial charge is 0.260 e. The number of amides is 2. The van der Waals surface area contributed by atoms with Gasteiger partial charge in [0, 0.05) is 30.7 Å². The maximum atomic E-state index is 12.7. The van der Waals surface area contributed by atoms with E-state index in [1.807, 2.05) is 16.8 Å². The highest BCUT2D eigenvalue weighted by molar-refractivity contribution is 5.94. The van der Waals surface area contributed by atoms with E-state index in [0.29, 0.717) is 17.4 Å². The summed E-state index contributed by atoms with van der Waals surface area (Å²) in [7, 11) is 1.91. The normalized spacial score (nSPS) is 23.3. The number of hydrogen-bond acceptors (Lipinski definition) is 3. The van der Waals surface area contributed by atoms with Crippen molar-refractivity contribution in [1.29, 1.82) is 0 Å². The molecule has 2 amide bonds. The molecule has 0 radical (unpaired) electrons. The summed E-state index contributed by atoms with van der Waals surface area (Å²) in [6.45, 7) is 4.26. The Morgan fingerprint density at radius 1 is 0.964 bits per heavy atom. The minimum Gasteiger partial charge on any atom is -0.484 e. The van der Waals surface area contributed by atoms with Crippen LogP contribution in [-0.2, 0) is 4.79 Å². The van der Waals surface area contributed by atoms with Gasteiger partial charge in [0.2, 0.25) is 0 Å². The monoisotopic (exact) mass is 386 g/mol. The van der Waals surface area contributed by atoms with E-state index in [-0.39, 0.29) is 30.5 Å². The van der Waals surface area contributed by atoms with Crippen LogP contribution in [0.2, 0.25) is 0 Å². The third-order valence-corrected chi connectivity index (χ3v) is 6.39. The van der Waals surface area contributed by atoms with Crippen LogP contribution >= 0.6 is 0 Å². The minimum absolute atomic E-state index is 0.0388. The number of hydrogen-bond donors (Lipinski definition) is 0. The molecule has 5 heteroatoms. The zero-order chi connectivity index (χ0) is 20.1. The average Bonchev–Trinajstić information content (AvgIpc) is 2.72. The molecule has 1 aliphatic carbocycles. The summed E-state index contributed by atoms with van der Waals surface area (Å²) < 4.78 is 5.71. The highest BCUT2D eigenvalue weighted by Crippen LogP contribution is 2.24. The van der Waals surface area contributed by atoms with Crippen LogP contribution in [-0.4, -0.2) is 53.4 Å². The third kappa shape index (κ3) is 4.86. The van der Waals surface area contributed by atoms with E-state index < -0.39 is 0 Å². The van der Waals surface area contributed by atoms with Crippen LogP contribution in [0.5, 0.6) is 5.75 Å². The van der Waals surface area contributed by atoms with Gasteiger partial charge in [0.05, 0.1) is 0 Å². The van der Waals surface area contributed by atoms with Gasteiger partial charge < -0.3 is 14.5 Å². The number of benzene rings is 1. The maximum Gasteiger partial charge on any atom is 0.260 e. The van der Waals surface area contributed by atoms with Gasteiger partial charge in [-0.05, 0) is 70.2 Å². The van der Waals surface area contributed by atoms with E-state index in [2.05, 4.69) is 13.8 Å². The third-order valence-electron chi connectivity index (χ3n) is 6.39. The van der Waals surface area contributed by atoms with Gasteiger partial charge in [-0.1, -0.05) is 19.3 Å². The average molecular weight is 387 g/mol. The summed E-state index contributed by atoms with van der Waals surface area (Å²) in [5.74, 6) is 0.727. The lowest BCUT2D eigenvalue weighted by Crippen LogP contribution is -2.49. The van der Waals surface area contributed by atoms with E-state index >= 15 is 0 Å². The molecule has 154 valence electrons. The van der Waals surface area contributed by atoms with Gasteiger partial charge in [-0.3, -0.25) is 9.59 Å².